The van der Waals surface area contributed by atoms with Crippen LogP contribution in [0, 0.1) is 6.92 Å². The molecule has 128 valence electrons. The van der Waals surface area contributed by atoms with Crippen LogP contribution in [-0.4, -0.2) is 31.3 Å². The second kappa shape index (κ2) is 7.54. The van der Waals surface area contributed by atoms with Gasteiger partial charge >= 0.3 is 0 Å². The van der Waals surface area contributed by atoms with Gasteiger partial charge in [0.15, 0.2) is 12.4 Å². The van der Waals surface area contributed by atoms with Crippen LogP contribution in [-0.2, 0) is 11.8 Å². The Bertz CT molecular complexity index is 798. The Hall–Kier alpha value is -2.96. The van der Waals surface area contributed by atoms with Crippen LogP contribution < -0.4 is 25.0 Å². The summed E-state index contributed by atoms with van der Waals surface area (Å²) in [7, 11) is 4.84. The van der Waals surface area contributed by atoms with Crippen LogP contribution in [0.25, 0.3) is 0 Å². The average molecular weight is 332 g/mol. The van der Waals surface area contributed by atoms with Gasteiger partial charge < -0.3 is 24.1 Å². The van der Waals surface area contributed by atoms with Gasteiger partial charge in [-0.2, -0.15) is 0 Å². The molecule has 24 heavy (non-hydrogen) atoms. The Morgan fingerprint density at radius 3 is 2.62 bits per heavy atom. The monoisotopic (exact) mass is 332 g/mol. The maximum absolute atomic E-state index is 12.1. The summed E-state index contributed by atoms with van der Waals surface area (Å²) < 4.78 is 17.5. The highest BCUT2D eigenvalue weighted by molar-refractivity contribution is 5.93. The lowest BCUT2D eigenvalue weighted by molar-refractivity contribution is -0.118. The lowest BCUT2D eigenvalue weighted by Gasteiger charge is -2.13. The molecule has 2 rings (SSSR count). The number of hydrogen-bond acceptors (Lipinski definition) is 5. The van der Waals surface area contributed by atoms with E-state index in [1.54, 1.807) is 50.0 Å². The van der Waals surface area contributed by atoms with Crippen LogP contribution in [0.5, 0.6) is 17.2 Å². The van der Waals surface area contributed by atoms with E-state index in [1.165, 1.54) is 13.2 Å². The maximum Gasteiger partial charge on any atom is 0.262 e. The van der Waals surface area contributed by atoms with Crippen molar-refractivity contribution in [1.29, 1.82) is 0 Å². The molecule has 0 bridgehead atoms. The number of aromatic nitrogens is 1. The number of ether oxygens (including phenoxy) is 3. The number of carbonyl (C=O) groups excluding carboxylic acids is 1. The van der Waals surface area contributed by atoms with Crippen molar-refractivity contribution in [3.8, 4) is 17.2 Å². The van der Waals surface area contributed by atoms with Crippen LogP contribution in [0.2, 0.25) is 0 Å². The molecule has 0 unspecified atom stereocenters. The first-order valence-corrected chi connectivity index (χ1v) is 7.27. The minimum absolute atomic E-state index is 0.164. The summed E-state index contributed by atoms with van der Waals surface area (Å²) in [4.78, 5) is 23.9. The topological polar surface area (TPSA) is 78.8 Å². The molecule has 1 heterocycles. The van der Waals surface area contributed by atoms with Crippen molar-refractivity contribution in [3.63, 3.8) is 0 Å². The zero-order valence-corrected chi connectivity index (χ0v) is 14.1. The third-order valence-corrected chi connectivity index (χ3v) is 3.56. The fraction of sp³-hybridized carbons (Fsp3) is 0.294. The molecule has 1 amide bonds. The van der Waals surface area contributed by atoms with E-state index < -0.39 is 5.91 Å². The number of benzene rings is 1. The molecule has 1 N–H and O–H groups in total. The van der Waals surface area contributed by atoms with Gasteiger partial charge in [-0.3, -0.25) is 9.59 Å². The third kappa shape index (κ3) is 3.87. The predicted molar refractivity (Wildman–Crippen MR) is 90.1 cm³/mol. The van der Waals surface area contributed by atoms with E-state index in [9.17, 15) is 9.59 Å². The van der Waals surface area contributed by atoms with E-state index in [0.717, 1.165) is 0 Å². The molecule has 7 heteroatoms. The highest BCUT2D eigenvalue weighted by Crippen LogP contribution is 2.28. The standard InChI is InChI=1S/C17H20N2O5/c1-11-17(14(20)7-8-19(11)2)24-10-16(21)18-13-6-5-12(22-3)9-15(13)23-4/h5-9H,10H2,1-4H3,(H,18,21). The van der Waals surface area contributed by atoms with Crippen molar-refractivity contribution < 1.29 is 19.0 Å². The van der Waals surface area contributed by atoms with E-state index in [2.05, 4.69) is 5.32 Å². The Labute approximate surface area is 139 Å². The summed E-state index contributed by atoms with van der Waals surface area (Å²) in [6.45, 7) is 1.47. The largest absolute Gasteiger partial charge is 0.497 e. The van der Waals surface area contributed by atoms with Gasteiger partial charge in [-0.1, -0.05) is 0 Å². The molecule has 1 aromatic heterocycles. The van der Waals surface area contributed by atoms with Crippen LogP contribution in [0.15, 0.2) is 35.3 Å². The lowest BCUT2D eigenvalue weighted by atomic mass is 10.2. The second-order valence-corrected chi connectivity index (χ2v) is 5.11. The first kappa shape index (κ1) is 17.4. The summed E-state index contributed by atoms with van der Waals surface area (Å²) in [6, 6.07) is 6.43. The Morgan fingerprint density at radius 2 is 1.96 bits per heavy atom. The van der Waals surface area contributed by atoms with Gasteiger partial charge in [0.2, 0.25) is 5.43 Å². The zero-order valence-electron chi connectivity index (χ0n) is 14.1. The molecule has 0 aliphatic carbocycles. The molecule has 0 aliphatic rings. The normalized spacial score (nSPS) is 10.2. The Morgan fingerprint density at radius 1 is 1.21 bits per heavy atom. The van der Waals surface area contributed by atoms with Gasteiger partial charge in [-0.15, -0.1) is 0 Å². The average Bonchev–Trinajstić information content (AvgIpc) is 2.58. The number of rotatable bonds is 6. The molecule has 0 aliphatic heterocycles. The Kier molecular flexibility index (Phi) is 5.47. The SMILES string of the molecule is COc1ccc(NC(=O)COc2c(C)n(C)ccc2=O)c(OC)c1. The minimum atomic E-state index is -0.399. The lowest BCUT2D eigenvalue weighted by Crippen LogP contribution is -2.23. The smallest absolute Gasteiger partial charge is 0.262 e. The number of nitrogens with one attached hydrogen (secondary N) is 1. The first-order chi connectivity index (χ1) is 11.5. The highest BCUT2D eigenvalue weighted by Gasteiger charge is 2.12. The molecule has 0 spiro atoms. The Balaban J connectivity index is 2.07. The van der Waals surface area contributed by atoms with E-state index in [0.29, 0.717) is 22.9 Å². The molecule has 0 saturated heterocycles. The van der Waals surface area contributed by atoms with Crippen molar-refractivity contribution in [2.24, 2.45) is 7.05 Å². The third-order valence-electron chi connectivity index (χ3n) is 3.56. The number of carbonyl (C=O) groups is 1. The molecule has 0 radical (unpaired) electrons. The van der Waals surface area contributed by atoms with Crippen LogP contribution in [0.4, 0.5) is 5.69 Å². The molecular weight excluding hydrogens is 312 g/mol. The molecule has 1 aromatic carbocycles. The van der Waals surface area contributed by atoms with Crippen molar-refractivity contribution >= 4 is 11.6 Å². The van der Waals surface area contributed by atoms with Gasteiger partial charge in [-0.25, -0.2) is 0 Å². The molecule has 0 saturated carbocycles. The van der Waals surface area contributed by atoms with Crippen molar-refractivity contribution in [2.45, 2.75) is 6.92 Å². The summed E-state index contributed by atoms with van der Waals surface area (Å²) >= 11 is 0. The zero-order chi connectivity index (χ0) is 17.7. The maximum atomic E-state index is 12.1. The molecule has 0 fully saturated rings. The van der Waals surface area contributed by atoms with Crippen LogP contribution >= 0.6 is 0 Å². The number of aryl methyl sites for hydroxylation is 1. The molecular formula is C17H20N2O5. The number of methoxy groups -OCH3 is 2. The summed E-state index contributed by atoms with van der Waals surface area (Å²) in [5.74, 6) is 0.847. The van der Waals surface area contributed by atoms with Crippen LogP contribution in [0.1, 0.15) is 5.69 Å². The number of anilines is 1. The van der Waals surface area contributed by atoms with E-state index in [4.69, 9.17) is 14.2 Å². The number of pyridine rings is 1. The van der Waals surface area contributed by atoms with Gasteiger partial charge in [-0.05, 0) is 19.1 Å². The number of amides is 1. The van der Waals surface area contributed by atoms with Crippen molar-refractivity contribution in [1.82, 2.24) is 4.57 Å². The summed E-state index contributed by atoms with van der Waals surface area (Å²) in [5.41, 5.74) is 0.877. The molecule has 7 nitrogen and oxygen atoms in total. The van der Waals surface area contributed by atoms with Gasteiger partial charge in [0.05, 0.1) is 25.6 Å². The minimum Gasteiger partial charge on any atom is -0.497 e. The quantitative estimate of drug-likeness (QED) is 0.871. The fourth-order valence-electron chi connectivity index (χ4n) is 2.11. The fourth-order valence-corrected chi connectivity index (χ4v) is 2.11. The first-order valence-electron chi connectivity index (χ1n) is 7.27. The number of nitrogens with zero attached hydrogens (tertiary/aromatic N) is 1. The molecule has 2 aromatic rings. The summed E-state index contributed by atoms with van der Waals surface area (Å²) in [5, 5.41) is 2.68. The van der Waals surface area contributed by atoms with Crippen molar-refractivity contribution in [2.75, 3.05) is 26.1 Å². The van der Waals surface area contributed by atoms with E-state index in [-0.39, 0.29) is 17.8 Å². The van der Waals surface area contributed by atoms with Gasteiger partial charge in [0, 0.05) is 25.4 Å². The van der Waals surface area contributed by atoms with E-state index >= 15 is 0 Å². The number of hydrogen-bond donors (Lipinski definition) is 1. The van der Waals surface area contributed by atoms with Gasteiger partial charge in [0.25, 0.3) is 5.91 Å². The van der Waals surface area contributed by atoms with Gasteiger partial charge in [0.1, 0.15) is 11.5 Å². The second-order valence-electron chi connectivity index (χ2n) is 5.11. The summed E-state index contributed by atoms with van der Waals surface area (Å²) in [6.07, 6.45) is 1.65. The van der Waals surface area contributed by atoms with E-state index in [1.807, 2.05) is 0 Å². The van der Waals surface area contributed by atoms with Crippen molar-refractivity contribution in [3.05, 3.63) is 46.4 Å². The molecule has 0 atom stereocenters. The van der Waals surface area contributed by atoms with Crippen LogP contribution in [0.3, 0.4) is 0 Å². The predicted octanol–water partition coefficient (Wildman–Crippen LogP) is 1.73. The highest BCUT2D eigenvalue weighted by atomic mass is 16.5.